The fraction of sp³-hybridized carbons (Fsp3) is 0.600. The van der Waals surface area contributed by atoms with Gasteiger partial charge in [-0.25, -0.2) is 0 Å². The fourth-order valence-corrected chi connectivity index (χ4v) is 5.78. The Morgan fingerprint density at radius 2 is 1.10 bits per heavy atom. The van der Waals surface area contributed by atoms with E-state index in [4.69, 9.17) is 44.8 Å². The Kier molecular flexibility index (Phi) is 20.1. The molecule has 2 aromatic rings. The molecule has 0 aromatic heterocycles. The number of methoxy groups -OCH3 is 2. The lowest BCUT2D eigenvalue weighted by Crippen LogP contribution is -2.09. The zero-order valence-corrected chi connectivity index (χ0v) is 26.7. The number of benzene rings is 2. The molecule has 0 radical (unpaired) electrons. The monoisotopic (exact) mass is 616 g/mol. The summed E-state index contributed by atoms with van der Waals surface area (Å²) >= 11 is 10.3. The van der Waals surface area contributed by atoms with Crippen molar-refractivity contribution in [3.8, 4) is 0 Å². The fourth-order valence-electron chi connectivity index (χ4n) is 3.61. The molecule has 1 unspecified atom stereocenters. The van der Waals surface area contributed by atoms with Crippen molar-refractivity contribution in [2.75, 3.05) is 91.8 Å². The second kappa shape index (κ2) is 22.7. The van der Waals surface area contributed by atoms with Crippen molar-refractivity contribution >= 4 is 35.1 Å². The molecule has 226 valence electrons. The zero-order chi connectivity index (χ0) is 28.8. The Bertz CT molecular complexity index is 935. The van der Waals surface area contributed by atoms with Crippen molar-refractivity contribution in [3.63, 3.8) is 0 Å². The Morgan fingerprint density at radius 3 is 1.65 bits per heavy atom. The predicted octanol–water partition coefficient (Wildman–Crippen LogP) is 6.30. The van der Waals surface area contributed by atoms with Gasteiger partial charge in [-0.2, -0.15) is 0 Å². The van der Waals surface area contributed by atoms with Gasteiger partial charge in [0, 0.05) is 35.5 Å². The van der Waals surface area contributed by atoms with Gasteiger partial charge in [0.25, 0.3) is 0 Å². The van der Waals surface area contributed by atoms with E-state index in [9.17, 15) is 0 Å². The van der Waals surface area contributed by atoms with Crippen molar-refractivity contribution in [1.82, 2.24) is 0 Å². The highest BCUT2D eigenvalue weighted by Crippen LogP contribution is 2.33. The molecule has 2 aromatic carbocycles. The van der Waals surface area contributed by atoms with Crippen LogP contribution in [-0.2, 0) is 39.8 Å². The van der Waals surface area contributed by atoms with Gasteiger partial charge in [0.05, 0.1) is 72.7 Å². The van der Waals surface area contributed by atoms with E-state index >= 15 is 0 Å². The van der Waals surface area contributed by atoms with Crippen LogP contribution in [0.15, 0.2) is 46.2 Å². The predicted molar refractivity (Wildman–Crippen MR) is 164 cm³/mol. The molecule has 40 heavy (non-hydrogen) atoms. The van der Waals surface area contributed by atoms with E-state index in [1.54, 1.807) is 37.7 Å². The topological polar surface area (TPSA) is 64.6 Å². The third-order valence-electron chi connectivity index (χ3n) is 5.93. The number of hydrogen-bond acceptors (Lipinski definition) is 9. The van der Waals surface area contributed by atoms with Gasteiger partial charge in [-0.05, 0) is 48.2 Å². The molecule has 0 saturated carbocycles. The van der Waals surface area contributed by atoms with E-state index in [1.165, 1.54) is 15.4 Å². The van der Waals surface area contributed by atoms with Gasteiger partial charge >= 0.3 is 0 Å². The molecule has 2 rings (SSSR count). The van der Waals surface area contributed by atoms with Gasteiger partial charge in [0.2, 0.25) is 0 Å². The van der Waals surface area contributed by atoms with Crippen LogP contribution in [-0.4, -0.2) is 91.8 Å². The molecular weight excluding hydrogens is 572 g/mol. The second-order valence-electron chi connectivity index (χ2n) is 8.77. The molecule has 0 N–H and O–H groups in total. The summed E-state index contributed by atoms with van der Waals surface area (Å²) in [4.78, 5) is 2.41. The van der Waals surface area contributed by atoms with Crippen molar-refractivity contribution in [2.45, 2.75) is 35.8 Å². The van der Waals surface area contributed by atoms with Crippen LogP contribution in [0.4, 0.5) is 0 Å². The number of halogens is 1. The Morgan fingerprint density at radius 1 is 0.625 bits per heavy atom. The van der Waals surface area contributed by atoms with Gasteiger partial charge in [-0.3, -0.25) is 0 Å². The van der Waals surface area contributed by atoms with Crippen LogP contribution < -0.4 is 0 Å². The van der Waals surface area contributed by atoms with Crippen molar-refractivity contribution in [1.29, 1.82) is 0 Å². The molecule has 0 aliphatic rings. The smallest absolute Gasteiger partial charge is 0.157 e. The first-order valence-corrected chi connectivity index (χ1v) is 16.0. The molecule has 0 heterocycles. The summed E-state index contributed by atoms with van der Waals surface area (Å²) < 4.78 is 38.2. The third kappa shape index (κ3) is 14.4. The number of rotatable bonds is 24. The SMILES string of the molecule is COCCOCCOCCSc1cccc(COC(Cl)c2cccc(SCCOCCOCCOC)c2C)c1C. The number of ether oxygens (including phenoxy) is 7. The van der Waals surface area contributed by atoms with Crippen molar-refractivity contribution in [3.05, 3.63) is 58.7 Å². The van der Waals surface area contributed by atoms with Gasteiger partial charge < -0.3 is 33.2 Å². The summed E-state index contributed by atoms with van der Waals surface area (Å²) in [6.07, 6.45) is 0. The van der Waals surface area contributed by atoms with Crippen LogP contribution in [0.3, 0.4) is 0 Å². The van der Waals surface area contributed by atoms with E-state index in [0.29, 0.717) is 72.7 Å². The summed E-state index contributed by atoms with van der Waals surface area (Å²) in [6, 6.07) is 12.5. The Balaban J connectivity index is 1.73. The lowest BCUT2D eigenvalue weighted by Gasteiger charge is -2.18. The Hall–Kier alpha value is -0.850. The van der Waals surface area contributed by atoms with Crippen molar-refractivity contribution in [2.24, 2.45) is 0 Å². The van der Waals surface area contributed by atoms with Crippen LogP contribution in [0.5, 0.6) is 0 Å². The summed E-state index contributed by atoms with van der Waals surface area (Å²) in [6.45, 7) is 10.7. The van der Waals surface area contributed by atoms with E-state index in [-0.39, 0.29) is 0 Å². The van der Waals surface area contributed by atoms with Gasteiger partial charge in [0.1, 0.15) is 0 Å². The molecule has 10 heteroatoms. The quantitative estimate of drug-likeness (QED) is 0.0768. The summed E-state index contributed by atoms with van der Waals surface area (Å²) in [5.74, 6) is 1.73. The average molecular weight is 617 g/mol. The van der Waals surface area contributed by atoms with Gasteiger partial charge in [-0.15, -0.1) is 23.5 Å². The minimum atomic E-state index is -0.531. The molecule has 0 aliphatic carbocycles. The molecule has 0 spiro atoms. The molecule has 1 atom stereocenters. The highest BCUT2D eigenvalue weighted by Gasteiger charge is 2.15. The van der Waals surface area contributed by atoms with E-state index in [0.717, 1.165) is 28.2 Å². The van der Waals surface area contributed by atoms with Gasteiger partial charge in [0.15, 0.2) is 5.56 Å². The minimum absolute atomic E-state index is 0.445. The average Bonchev–Trinajstić information content (AvgIpc) is 2.96. The number of hydrogen-bond donors (Lipinski definition) is 0. The first-order valence-electron chi connectivity index (χ1n) is 13.6. The standard InChI is InChI=1S/C30H45ClO7S2/c1-24-26(7-5-9-28(24)39-21-19-36-17-15-34-13-11-32-3)23-38-30(31)27-8-6-10-29(25(27)2)40-22-20-37-18-16-35-14-12-33-4/h5-10,30H,11-23H2,1-4H3. The van der Waals surface area contributed by atoms with E-state index in [1.807, 2.05) is 12.1 Å². The van der Waals surface area contributed by atoms with Crippen LogP contribution >= 0.6 is 35.1 Å². The molecule has 0 fully saturated rings. The van der Waals surface area contributed by atoms with E-state index < -0.39 is 5.56 Å². The zero-order valence-electron chi connectivity index (χ0n) is 24.3. The molecular formula is C30H45ClO7S2. The molecule has 0 bridgehead atoms. The molecule has 0 saturated heterocycles. The summed E-state index contributed by atoms with van der Waals surface area (Å²) in [7, 11) is 3.33. The van der Waals surface area contributed by atoms with Crippen LogP contribution in [0.2, 0.25) is 0 Å². The number of alkyl halides is 1. The highest BCUT2D eigenvalue weighted by molar-refractivity contribution is 7.99. The van der Waals surface area contributed by atoms with E-state index in [2.05, 4.69) is 38.1 Å². The van der Waals surface area contributed by atoms with Crippen LogP contribution in [0, 0.1) is 13.8 Å². The maximum Gasteiger partial charge on any atom is 0.157 e. The summed E-state index contributed by atoms with van der Waals surface area (Å²) in [5.41, 5.74) is 3.95. The maximum atomic E-state index is 6.73. The second-order valence-corrected chi connectivity index (χ2v) is 11.4. The first kappa shape index (κ1) is 35.3. The lowest BCUT2D eigenvalue weighted by molar-refractivity contribution is 0.0286. The molecule has 0 aliphatic heterocycles. The van der Waals surface area contributed by atoms with Crippen LogP contribution in [0.1, 0.15) is 27.8 Å². The highest BCUT2D eigenvalue weighted by atomic mass is 35.5. The maximum absolute atomic E-state index is 6.73. The molecule has 0 amide bonds. The largest absolute Gasteiger partial charge is 0.382 e. The normalized spacial score (nSPS) is 12.2. The van der Waals surface area contributed by atoms with Crippen LogP contribution in [0.25, 0.3) is 0 Å². The number of thioether (sulfide) groups is 2. The summed E-state index contributed by atoms with van der Waals surface area (Å²) in [5, 5.41) is 0. The third-order valence-corrected chi connectivity index (χ3v) is 8.54. The Labute approximate surface area is 253 Å². The first-order chi connectivity index (χ1) is 19.6. The lowest BCUT2D eigenvalue weighted by atomic mass is 10.1. The molecule has 7 nitrogen and oxygen atoms in total. The van der Waals surface area contributed by atoms with Gasteiger partial charge in [-0.1, -0.05) is 35.9 Å². The van der Waals surface area contributed by atoms with Crippen molar-refractivity contribution < 1.29 is 33.2 Å². The minimum Gasteiger partial charge on any atom is -0.382 e.